The maximum absolute atomic E-state index is 13.4. The second-order valence-corrected chi connectivity index (χ2v) is 5.89. The van der Waals surface area contributed by atoms with Crippen LogP contribution in [0.1, 0.15) is 17.8 Å². The highest BCUT2D eigenvalue weighted by molar-refractivity contribution is 7.14. The van der Waals surface area contributed by atoms with E-state index in [1.54, 1.807) is 23.5 Å². The monoisotopic (exact) mass is 293 g/mol. The molecule has 3 rings (SSSR count). The molecule has 1 aromatic heterocycles. The Morgan fingerprint density at radius 2 is 2.25 bits per heavy atom. The first-order valence-corrected chi connectivity index (χ1v) is 7.47. The minimum absolute atomic E-state index is 0.231. The highest BCUT2D eigenvalue weighted by Gasteiger charge is 2.20. The van der Waals surface area contributed by atoms with E-state index in [2.05, 4.69) is 15.5 Å². The van der Waals surface area contributed by atoms with Crippen LogP contribution in [-0.4, -0.2) is 29.9 Å². The highest BCUT2D eigenvalue weighted by atomic mass is 32.1. The zero-order valence-electron chi connectivity index (χ0n) is 11.2. The van der Waals surface area contributed by atoms with Crippen LogP contribution in [0.3, 0.4) is 0 Å². The van der Waals surface area contributed by atoms with Gasteiger partial charge in [-0.3, -0.25) is 0 Å². The summed E-state index contributed by atoms with van der Waals surface area (Å²) < 4.78 is 18.4. The van der Waals surface area contributed by atoms with Gasteiger partial charge < -0.3 is 10.1 Å². The lowest BCUT2D eigenvalue weighted by molar-refractivity contribution is 0.387. The fourth-order valence-corrected chi connectivity index (χ4v) is 2.77. The van der Waals surface area contributed by atoms with Gasteiger partial charge in [0.15, 0.2) is 11.6 Å². The molecule has 0 aliphatic heterocycles. The maximum atomic E-state index is 13.4. The number of aromatic nitrogens is 2. The van der Waals surface area contributed by atoms with Gasteiger partial charge in [0.05, 0.1) is 7.11 Å². The molecule has 1 aliphatic carbocycles. The molecule has 0 amide bonds. The molecule has 20 heavy (non-hydrogen) atoms. The van der Waals surface area contributed by atoms with Gasteiger partial charge >= 0.3 is 0 Å². The minimum Gasteiger partial charge on any atom is -0.494 e. The molecule has 1 fully saturated rings. The van der Waals surface area contributed by atoms with Gasteiger partial charge in [0, 0.05) is 24.6 Å². The summed E-state index contributed by atoms with van der Waals surface area (Å²) in [7, 11) is 1.46. The second-order valence-electron chi connectivity index (χ2n) is 4.83. The summed E-state index contributed by atoms with van der Waals surface area (Å²) in [5, 5.41) is 13.6. The summed E-state index contributed by atoms with van der Waals surface area (Å²) in [6.07, 6.45) is 3.46. The highest BCUT2D eigenvalue weighted by Crippen LogP contribution is 2.28. The van der Waals surface area contributed by atoms with Crippen molar-refractivity contribution in [2.24, 2.45) is 0 Å². The minimum atomic E-state index is -0.366. The van der Waals surface area contributed by atoms with Crippen molar-refractivity contribution < 1.29 is 9.13 Å². The van der Waals surface area contributed by atoms with Crippen LogP contribution >= 0.6 is 11.3 Å². The lowest BCUT2D eigenvalue weighted by atomic mass is 10.2. The quantitative estimate of drug-likeness (QED) is 0.889. The van der Waals surface area contributed by atoms with E-state index in [9.17, 15) is 4.39 Å². The summed E-state index contributed by atoms with van der Waals surface area (Å²) in [4.78, 5) is 0. The molecule has 1 aromatic carbocycles. The number of benzene rings is 1. The number of methoxy groups -OCH3 is 1. The molecule has 0 spiro atoms. The van der Waals surface area contributed by atoms with E-state index in [0.717, 1.165) is 28.5 Å². The van der Waals surface area contributed by atoms with Crippen LogP contribution in [0, 0.1) is 5.82 Å². The zero-order chi connectivity index (χ0) is 13.9. The smallest absolute Gasteiger partial charge is 0.165 e. The number of hydrogen-bond acceptors (Lipinski definition) is 5. The Morgan fingerprint density at radius 3 is 3.00 bits per heavy atom. The third kappa shape index (κ3) is 3.13. The predicted octanol–water partition coefficient (Wildman–Crippen LogP) is 2.65. The molecule has 2 aromatic rings. The van der Waals surface area contributed by atoms with Crippen LogP contribution in [0.25, 0.3) is 10.6 Å². The topological polar surface area (TPSA) is 47.0 Å². The van der Waals surface area contributed by atoms with Crippen LogP contribution in [-0.2, 0) is 6.42 Å². The average molecular weight is 293 g/mol. The number of hydrogen-bond donors (Lipinski definition) is 1. The fraction of sp³-hybridized carbons (Fsp3) is 0.429. The first kappa shape index (κ1) is 13.5. The van der Waals surface area contributed by atoms with E-state index < -0.39 is 0 Å². The van der Waals surface area contributed by atoms with E-state index in [0.29, 0.717) is 6.04 Å². The van der Waals surface area contributed by atoms with E-state index in [4.69, 9.17) is 4.74 Å². The third-order valence-electron chi connectivity index (χ3n) is 3.21. The molecule has 0 unspecified atom stereocenters. The van der Waals surface area contributed by atoms with Gasteiger partial charge in [-0.2, -0.15) is 0 Å². The molecular formula is C14H16FN3OS. The zero-order valence-corrected chi connectivity index (χ0v) is 12.0. The molecular weight excluding hydrogens is 277 g/mol. The number of nitrogens with zero attached hydrogens (tertiary/aromatic N) is 2. The van der Waals surface area contributed by atoms with Crippen molar-refractivity contribution in [3.63, 3.8) is 0 Å². The van der Waals surface area contributed by atoms with E-state index in [1.807, 2.05) is 0 Å². The van der Waals surface area contributed by atoms with Crippen LogP contribution < -0.4 is 10.1 Å². The Labute approximate surface area is 121 Å². The van der Waals surface area contributed by atoms with Crippen molar-refractivity contribution in [2.45, 2.75) is 25.3 Å². The van der Waals surface area contributed by atoms with Crippen LogP contribution in [0.15, 0.2) is 18.2 Å². The number of nitrogens with one attached hydrogen (secondary N) is 1. The summed E-state index contributed by atoms with van der Waals surface area (Å²) in [5.41, 5.74) is 0.835. The lowest BCUT2D eigenvalue weighted by Gasteiger charge is -2.02. The SMILES string of the molecule is COc1cc(-c2nnc(CCNC3CC3)s2)ccc1F. The van der Waals surface area contributed by atoms with Crippen molar-refractivity contribution in [3.8, 4) is 16.3 Å². The van der Waals surface area contributed by atoms with Gasteiger partial charge in [-0.1, -0.05) is 11.3 Å². The fourth-order valence-electron chi connectivity index (χ4n) is 1.93. The molecule has 0 atom stereocenters. The lowest BCUT2D eigenvalue weighted by Crippen LogP contribution is -2.19. The first-order chi connectivity index (χ1) is 9.76. The van der Waals surface area contributed by atoms with E-state index >= 15 is 0 Å². The summed E-state index contributed by atoms with van der Waals surface area (Å²) in [6, 6.07) is 5.46. The Bertz CT molecular complexity index is 598. The molecule has 1 N–H and O–H groups in total. The Balaban J connectivity index is 1.68. The molecule has 0 bridgehead atoms. The van der Waals surface area contributed by atoms with E-state index in [1.165, 1.54) is 26.0 Å². The van der Waals surface area contributed by atoms with Crippen LogP contribution in [0.5, 0.6) is 5.75 Å². The Morgan fingerprint density at radius 1 is 1.40 bits per heavy atom. The third-order valence-corrected chi connectivity index (χ3v) is 4.25. The van der Waals surface area contributed by atoms with Crippen molar-refractivity contribution in [1.82, 2.24) is 15.5 Å². The molecule has 1 heterocycles. The maximum Gasteiger partial charge on any atom is 0.165 e. The van der Waals surface area contributed by atoms with Crippen molar-refractivity contribution >= 4 is 11.3 Å². The predicted molar refractivity (Wildman–Crippen MR) is 76.6 cm³/mol. The number of rotatable bonds is 6. The van der Waals surface area contributed by atoms with E-state index in [-0.39, 0.29) is 11.6 Å². The van der Waals surface area contributed by atoms with Gasteiger partial charge in [-0.25, -0.2) is 4.39 Å². The second kappa shape index (κ2) is 5.85. The van der Waals surface area contributed by atoms with Crippen molar-refractivity contribution in [1.29, 1.82) is 0 Å². The van der Waals surface area contributed by atoms with Crippen molar-refractivity contribution in [2.75, 3.05) is 13.7 Å². The van der Waals surface area contributed by atoms with Gasteiger partial charge in [0.1, 0.15) is 10.0 Å². The molecule has 1 aliphatic rings. The molecule has 106 valence electrons. The van der Waals surface area contributed by atoms with Gasteiger partial charge in [0.25, 0.3) is 0 Å². The summed E-state index contributed by atoms with van der Waals surface area (Å²) in [5.74, 6) is -0.135. The van der Waals surface area contributed by atoms with Gasteiger partial charge in [-0.15, -0.1) is 10.2 Å². The number of ether oxygens (including phenoxy) is 1. The van der Waals surface area contributed by atoms with Gasteiger partial charge in [0.2, 0.25) is 0 Å². The molecule has 4 nitrogen and oxygen atoms in total. The average Bonchev–Trinajstić information content (AvgIpc) is 3.16. The van der Waals surface area contributed by atoms with Crippen molar-refractivity contribution in [3.05, 3.63) is 29.0 Å². The largest absolute Gasteiger partial charge is 0.494 e. The Hall–Kier alpha value is -1.53. The molecule has 0 radical (unpaired) electrons. The van der Waals surface area contributed by atoms with Crippen LogP contribution in [0.4, 0.5) is 4.39 Å². The molecule has 6 heteroatoms. The molecule has 0 saturated heterocycles. The first-order valence-electron chi connectivity index (χ1n) is 6.66. The van der Waals surface area contributed by atoms with Crippen LogP contribution in [0.2, 0.25) is 0 Å². The summed E-state index contributed by atoms with van der Waals surface area (Å²) in [6.45, 7) is 0.937. The standard InChI is InChI=1S/C14H16FN3OS/c1-19-12-8-9(2-5-11(12)15)14-18-17-13(20-14)6-7-16-10-3-4-10/h2,5,8,10,16H,3-4,6-7H2,1H3. The summed E-state index contributed by atoms with van der Waals surface area (Å²) >= 11 is 1.54. The van der Waals surface area contributed by atoms with Gasteiger partial charge in [-0.05, 0) is 31.0 Å². The number of halogens is 1. The Kier molecular flexibility index (Phi) is 3.93. The molecule has 1 saturated carbocycles. The normalized spacial score (nSPS) is 14.5.